The van der Waals surface area contributed by atoms with Gasteiger partial charge in [-0.1, -0.05) is 17.3 Å². The fourth-order valence-corrected chi connectivity index (χ4v) is 1.79. The molecule has 21 heavy (non-hydrogen) atoms. The lowest BCUT2D eigenvalue weighted by Crippen LogP contribution is -1.98. The molecule has 6 nitrogen and oxygen atoms in total. The van der Waals surface area contributed by atoms with Crippen molar-refractivity contribution < 1.29 is 14.4 Å². The number of benzene rings is 2. The highest BCUT2D eigenvalue weighted by atomic mass is 16.5. The molecule has 0 radical (unpaired) electrons. The molecule has 1 heterocycles. The standard InChI is InChI=1S/C15H13N3O3/c16-12-3-1-2-4-13(12)20-9-14-17-15(18-21-14)10-5-7-11(19)8-6-10/h1-8,19H,9,16H2. The first kappa shape index (κ1) is 13.0. The summed E-state index contributed by atoms with van der Waals surface area (Å²) in [6.45, 7) is 0.138. The Morgan fingerprint density at radius 1 is 1.10 bits per heavy atom. The van der Waals surface area contributed by atoms with Crippen LogP contribution < -0.4 is 10.5 Å². The van der Waals surface area contributed by atoms with E-state index in [1.54, 1.807) is 36.4 Å². The van der Waals surface area contributed by atoms with Gasteiger partial charge in [-0.25, -0.2) is 0 Å². The van der Waals surface area contributed by atoms with Crippen LogP contribution in [-0.4, -0.2) is 15.2 Å². The van der Waals surface area contributed by atoms with Crippen LogP contribution in [0.3, 0.4) is 0 Å². The van der Waals surface area contributed by atoms with Crippen molar-refractivity contribution >= 4 is 5.69 Å². The summed E-state index contributed by atoms with van der Waals surface area (Å²) < 4.78 is 10.7. The summed E-state index contributed by atoms with van der Waals surface area (Å²) in [7, 11) is 0. The second-order valence-corrected chi connectivity index (χ2v) is 4.39. The summed E-state index contributed by atoms with van der Waals surface area (Å²) in [5.74, 6) is 1.54. The molecule has 0 aliphatic rings. The van der Waals surface area contributed by atoms with E-state index in [0.717, 1.165) is 5.56 Å². The summed E-state index contributed by atoms with van der Waals surface area (Å²) in [4.78, 5) is 4.23. The highest BCUT2D eigenvalue weighted by Gasteiger charge is 2.09. The maximum Gasteiger partial charge on any atom is 0.264 e. The molecule has 3 aromatic rings. The second-order valence-electron chi connectivity index (χ2n) is 4.39. The molecule has 0 saturated heterocycles. The predicted octanol–water partition coefficient (Wildman–Crippen LogP) is 2.60. The van der Waals surface area contributed by atoms with Crippen LogP contribution in [0.4, 0.5) is 5.69 Å². The van der Waals surface area contributed by atoms with Crippen LogP contribution >= 0.6 is 0 Å². The quantitative estimate of drug-likeness (QED) is 0.715. The first-order valence-corrected chi connectivity index (χ1v) is 6.31. The Morgan fingerprint density at radius 2 is 1.86 bits per heavy atom. The first-order valence-electron chi connectivity index (χ1n) is 6.31. The number of aromatic nitrogens is 2. The maximum absolute atomic E-state index is 9.25. The van der Waals surface area contributed by atoms with Crippen LogP contribution in [0, 0.1) is 0 Å². The van der Waals surface area contributed by atoms with Crippen LogP contribution in [0.15, 0.2) is 53.1 Å². The Kier molecular flexibility index (Phi) is 3.42. The van der Waals surface area contributed by atoms with Crippen molar-refractivity contribution in [1.82, 2.24) is 10.1 Å². The van der Waals surface area contributed by atoms with E-state index in [2.05, 4.69) is 10.1 Å². The fourth-order valence-electron chi connectivity index (χ4n) is 1.79. The highest BCUT2D eigenvalue weighted by Crippen LogP contribution is 2.22. The van der Waals surface area contributed by atoms with Gasteiger partial charge in [-0.3, -0.25) is 0 Å². The molecule has 0 spiro atoms. The molecule has 2 aromatic carbocycles. The maximum atomic E-state index is 9.25. The number of nitrogens with two attached hydrogens (primary N) is 1. The molecule has 0 fully saturated rings. The molecular formula is C15H13N3O3. The van der Waals surface area contributed by atoms with Gasteiger partial charge >= 0.3 is 0 Å². The van der Waals surface area contributed by atoms with Gasteiger partial charge in [0.2, 0.25) is 5.82 Å². The molecule has 0 unspecified atom stereocenters. The minimum Gasteiger partial charge on any atom is -0.508 e. The zero-order valence-electron chi connectivity index (χ0n) is 11.1. The van der Waals surface area contributed by atoms with Crippen LogP contribution in [0.1, 0.15) is 5.89 Å². The Labute approximate surface area is 120 Å². The summed E-state index contributed by atoms with van der Waals surface area (Å²) in [5.41, 5.74) is 7.08. The van der Waals surface area contributed by atoms with Crippen LogP contribution in [0.2, 0.25) is 0 Å². The van der Waals surface area contributed by atoms with Crippen LogP contribution in [-0.2, 0) is 6.61 Å². The monoisotopic (exact) mass is 283 g/mol. The lowest BCUT2D eigenvalue weighted by atomic mass is 10.2. The van der Waals surface area contributed by atoms with Crippen molar-refractivity contribution in [3.63, 3.8) is 0 Å². The number of rotatable bonds is 4. The Bertz CT molecular complexity index is 738. The third-order valence-electron chi connectivity index (χ3n) is 2.86. The van der Waals surface area contributed by atoms with Gasteiger partial charge in [0.15, 0.2) is 6.61 Å². The van der Waals surface area contributed by atoms with E-state index in [4.69, 9.17) is 15.0 Å². The van der Waals surface area contributed by atoms with Gasteiger partial charge < -0.3 is 20.1 Å². The number of nitrogen functional groups attached to an aromatic ring is 1. The van der Waals surface area contributed by atoms with Gasteiger partial charge in [0.25, 0.3) is 5.89 Å². The normalized spacial score (nSPS) is 10.5. The average molecular weight is 283 g/mol. The number of nitrogens with zero attached hydrogens (tertiary/aromatic N) is 2. The van der Waals surface area contributed by atoms with Crippen molar-refractivity contribution in [3.8, 4) is 22.9 Å². The number of aromatic hydroxyl groups is 1. The molecule has 0 amide bonds. The fraction of sp³-hybridized carbons (Fsp3) is 0.0667. The van der Waals surface area contributed by atoms with Crippen molar-refractivity contribution in [2.24, 2.45) is 0 Å². The Balaban J connectivity index is 1.71. The molecule has 1 aromatic heterocycles. The van der Waals surface area contributed by atoms with E-state index < -0.39 is 0 Å². The SMILES string of the molecule is Nc1ccccc1OCc1nc(-c2ccc(O)cc2)no1. The second kappa shape index (κ2) is 5.54. The van der Waals surface area contributed by atoms with Crippen LogP contribution in [0.5, 0.6) is 11.5 Å². The number of para-hydroxylation sites is 2. The summed E-state index contributed by atoms with van der Waals surface area (Å²) >= 11 is 0. The zero-order chi connectivity index (χ0) is 14.7. The van der Waals surface area contributed by atoms with Crippen LogP contribution in [0.25, 0.3) is 11.4 Å². The van der Waals surface area contributed by atoms with E-state index in [1.807, 2.05) is 12.1 Å². The third-order valence-corrected chi connectivity index (χ3v) is 2.86. The van der Waals surface area contributed by atoms with E-state index in [0.29, 0.717) is 23.2 Å². The molecule has 0 aliphatic heterocycles. The number of ether oxygens (including phenoxy) is 1. The summed E-state index contributed by atoms with van der Waals surface area (Å²) in [5, 5.41) is 13.1. The molecule has 106 valence electrons. The van der Waals surface area contributed by atoms with E-state index in [9.17, 15) is 5.11 Å². The lowest BCUT2D eigenvalue weighted by molar-refractivity contribution is 0.244. The van der Waals surface area contributed by atoms with Crippen molar-refractivity contribution in [1.29, 1.82) is 0 Å². The molecular weight excluding hydrogens is 270 g/mol. The molecule has 3 N–H and O–H groups in total. The molecule has 0 bridgehead atoms. The molecule has 0 saturated carbocycles. The Hall–Kier alpha value is -3.02. The van der Waals surface area contributed by atoms with Gasteiger partial charge in [0, 0.05) is 5.56 Å². The van der Waals surface area contributed by atoms with E-state index in [1.165, 1.54) is 0 Å². The summed E-state index contributed by atoms with van der Waals surface area (Å²) in [6, 6.07) is 13.7. The topological polar surface area (TPSA) is 94.4 Å². The van der Waals surface area contributed by atoms with E-state index >= 15 is 0 Å². The molecule has 6 heteroatoms. The number of phenolic OH excluding ortho intramolecular Hbond substituents is 1. The van der Waals surface area contributed by atoms with E-state index in [-0.39, 0.29) is 12.4 Å². The minimum absolute atomic E-state index is 0.138. The predicted molar refractivity (Wildman–Crippen MR) is 76.6 cm³/mol. The van der Waals surface area contributed by atoms with Gasteiger partial charge in [0.1, 0.15) is 11.5 Å². The Morgan fingerprint density at radius 3 is 2.62 bits per heavy atom. The number of hydrogen-bond donors (Lipinski definition) is 2. The lowest BCUT2D eigenvalue weighted by Gasteiger charge is -2.05. The summed E-state index contributed by atoms with van der Waals surface area (Å²) in [6.07, 6.45) is 0. The smallest absolute Gasteiger partial charge is 0.264 e. The largest absolute Gasteiger partial charge is 0.508 e. The highest BCUT2D eigenvalue weighted by molar-refractivity contribution is 5.55. The average Bonchev–Trinajstić information content (AvgIpc) is 2.96. The number of anilines is 1. The van der Waals surface area contributed by atoms with Crippen molar-refractivity contribution in [2.75, 3.05) is 5.73 Å². The first-order chi connectivity index (χ1) is 10.2. The van der Waals surface area contributed by atoms with Crippen molar-refractivity contribution in [2.45, 2.75) is 6.61 Å². The molecule has 3 rings (SSSR count). The zero-order valence-corrected chi connectivity index (χ0v) is 11.1. The van der Waals surface area contributed by atoms with Gasteiger partial charge in [0.05, 0.1) is 5.69 Å². The minimum atomic E-state index is 0.138. The van der Waals surface area contributed by atoms with Crippen molar-refractivity contribution in [3.05, 3.63) is 54.4 Å². The van der Waals surface area contributed by atoms with Gasteiger partial charge in [-0.15, -0.1) is 0 Å². The molecule has 0 aliphatic carbocycles. The molecule has 0 atom stereocenters. The third kappa shape index (κ3) is 2.94. The van der Waals surface area contributed by atoms with Gasteiger partial charge in [-0.2, -0.15) is 4.98 Å². The van der Waals surface area contributed by atoms with Gasteiger partial charge in [-0.05, 0) is 36.4 Å². The number of hydrogen-bond acceptors (Lipinski definition) is 6. The number of phenols is 1.